The molecule has 0 aliphatic heterocycles. The van der Waals surface area contributed by atoms with Gasteiger partial charge in [-0.15, -0.1) is 0 Å². The maximum atomic E-state index is 13.2. The van der Waals surface area contributed by atoms with E-state index >= 15 is 0 Å². The summed E-state index contributed by atoms with van der Waals surface area (Å²) < 4.78 is 47.5. The summed E-state index contributed by atoms with van der Waals surface area (Å²) in [5.74, 6) is 0.529. The highest BCUT2D eigenvalue weighted by Gasteiger charge is 2.32. The van der Waals surface area contributed by atoms with Crippen molar-refractivity contribution in [3.63, 3.8) is 0 Å². The van der Waals surface area contributed by atoms with Crippen molar-refractivity contribution < 1.29 is 22.7 Å². The van der Waals surface area contributed by atoms with Gasteiger partial charge in [0.05, 0.1) is 11.8 Å². The summed E-state index contributed by atoms with van der Waals surface area (Å²) in [6, 6.07) is 5.63. The van der Waals surface area contributed by atoms with Crippen LogP contribution in [0.5, 0.6) is 11.5 Å². The zero-order valence-corrected chi connectivity index (χ0v) is 18.1. The van der Waals surface area contributed by atoms with E-state index in [4.69, 9.17) is 4.74 Å². The number of amides is 1. The van der Waals surface area contributed by atoms with Gasteiger partial charge in [-0.05, 0) is 12.1 Å². The van der Waals surface area contributed by atoms with Crippen LogP contribution in [0.2, 0.25) is 0 Å². The van der Waals surface area contributed by atoms with Gasteiger partial charge < -0.3 is 24.5 Å². The van der Waals surface area contributed by atoms with Crippen molar-refractivity contribution in [1.29, 1.82) is 5.26 Å². The van der Waals surface area contributed by atoms with Gasteiger partial charge in [0.25, 0.3) is 5.56 Å². The number of pyridine rings is 3. The van der Waals surface area contributed by atoms with Crippen LogP contribution in [-0.4, -0.2) is 30.5 Å². The van der Waals surface area contributed by atoms with Crippen molar-refractivity contribution >= 4 is 35.0 Å². The van der Waals surface area contributed by atoms with E-state index in [1.807, 2.05) is 6.07 Å². The summed E-state index contributed by atoms with van der Waals surface area (Å²) >= 11 is 0. The van der Waals surface area contributed by atoms with Gasteiger partial charge in [-0.1, -0.05) is 0 Å². The van der Waals surface area contributed by atoms with Gasteiger partial charge in [0, 0.05) is 32.6 Å². The smallest absolute Gasteiger partial charge is 0.417 e. The molecule has 4 aromatic heterocycles. The number of ether oxygens (including phenoxy) is 1. The number of nitrogens with one attached hydrogen (secondary N) is 2. The summed E-state index contributed by atoms with van der Waals surface area (Å²) in [7, 11) is 2.70. The second kappa shape index (κ2) is 8.78. The molecule has 35 heavy (non-hydrogen) atoms. The predicted octanol–water partition coefficient (Wildman–Crippen LogP) is 3.06. The Morgan fingerprint density at radius 1 is 1.23 bits per heavy atom. The first-order valence-electron chi connectivity index (χ1n) is 9.77. The van der Waals surface area contributed by atoms with Crippen LogP contribution >= 0.6 is 0 Å². The second-order valence-corrected chi connectivity index (χ2v) is 7.20. The van der Waals surface area contributed by atoms with Gasteiger partial charge in [0.1, 0.15) is 34.4 Å². The first-order valence-corrected chi connectivity index (χ1v) is 9.77. The van der Waals surface area contributed by atoms with E-state index in [1.165, 1.54) is 43.2 Å². The number of carbonyl (C=O) groups excluding carboxylic acids is 1. The number of hydrogen-bond acceptors (Lipinski definition) is 8. The standard InChI is InChI=1S/C21H15F3N8O3/c1-31-9-11(21(22,23)24)5-14(19(31)34)29-20-30-18-17(32(20)2)13(7-25)15(8-27-18)35-12-3-4-26-16(6-12)28-10-33/h3-6,8-10H,1-2H3,(H,26,28,33)(H,27,29,30). The topological polar surface area (TPSA) is 140 Å². The minimum absolute atomic E-state index is 0.0149. The van der Waals surface area contributed by atoms with E-state index in [0.29, 0.717) is 18.7 Å². The van der Waals surface area contributed by atoms with E-state index in [2.05, 4.69) is 25.6 Å². The van der Waals surface area contributed by atoms with Gasteiger partial charge in [-0.2, -0.15) is 23.4 Å². The average Bonchev–Trinajstić information content (AvgIpc) is 3.12. The summed E-state index contributed by atoms with van der Waals surface area (Å²) in [5, 5.41) is 14.8. The molecule has 178 valence electrons. The highest BCUT2D eigenvalue weighted by molar-refractivity contribution is 5.84. The molecular weight excluding hydrogens is 469 g/mol. The molecule has 0 saturated carbocycles. The quantitative estimate of drug-likeness (QED) is 0.398. The third-order valence-corrected chi connectivity index (χ3v) is 4.90. The summed E-state index contributed by atoms with van der Waals surface area (Å²) in [5.41, 5.74) is -1.73. The molecule has 0 saturated heterocycles. The number of halogens is 3. The third kappa shape index (κ3) is 4.47. The fourth-order valence-corrected chi connectivity index (χ4v) is 3.27. The molecule has 0 radical (unpaired) electrons. The van der Waals surface area contributed by atoms with Crippen molar-refractivity contribution in [2.45, 2.75) is 6.18 Å². The maximum absolute atomic E-state index is 13.2. The lowest BCUT2D eigenvalue weighted by atomic mass is 10.2. The van der Waals surface area contributed by atoms with E-state index in [0.717, 1.165) is 4.57 Å². The lowest BCUT2D eigenvalue weighted by Crippen LogP contribution is -2.23. The molecule has 11 nitrogen and oxygen atoms in total. The number of rotatable bonds is 6. The highest BCUT2D eigenvalue weighted by atomic mass is 19.4. The zero-order chi connectivity index (χ0) is 25.3. The number of hydrogen-bond donors (Lipinski definition) is 2. The number of fused-ring (bicyclic) bond motifs is 1. The lowest BCUT2D eigenvalue weighted by molar-refractivity contribution is -0.138. The van der Waals surface area contributed by atoms with E-state index in [9.17, 15) is 28.0 Å². The molecule has 4 aromatic rings. The highest BCUT2D eigenvalue weighted by Crippen LogP contribution is 2.33. The Bertz CT molecular complexity index is 1550. The third-order valence-electron chi connectivity index (χ3n) is 4.90. The number of carbonyl (C=O) groups is 1. The summed E-state index contributed by atoms with van der Waals surface area (Å²) in [6.45, 7) is 0. The zero-order valence-electron chi connectivity index (χ0n) is 18.1. The first-order chi connectivity index (χ1) is 16.6. The molecule has 0 bridgehead atoms. The van der Waals surface area contributed by atoms with Crippen LogP contribution in [0.4, 0.5) is 30.6 Å². The van der Waals surface area contributed by atoms with Crippen molar-refractivity contribution in [3.05, 3.63) is 58.3 Å². The molecule has 4 heterocycles. The Morgan fingerprint density at radius 2 is 2.00 bits per heavy atom. The van der Waals surface area contributed by atoms with Gasteiger partial charge >= 0.3 is 6.18 Å². The van der Waals surface area contributed by atoms with E-state index in [1.54, 1.807) is 0 Å². The van der Waals surface area contributed by atoms with Crippen molar-refractivity contribution in [1.82, 2.24) is 24.1 Å². The molecule has 14 heteroatoms. The van der Waals surface area contributed by atoms with Crippen LogP contribution in [0.15, 0.2) is 41.6 Å². The molecule has 2 N–H and O–H groups in total. The Hall–Kier alpha value is -4.93. The Morgan fingerprint density at radius 3 is 2.69 bits per heavy atom. The molecule has 0 atom stereocenters. The number of alkyl halides is 3. The Kier molecular flexibility index (Phi) is 5.83. The molecule has 0 aromatic carbocycles. The molecule has 0 spiro atoms. The van der Waals surface area contributed by atoms with Crippen LogP contribution < -0.4 is 20.9 Å². The van der Waals surface area contributed by atoms with Crippen LogP contribution in [0.1, 0.15) is 11.1 Å². The maximum Gasteiger partial charge on any atom is 0.417 e. The normalized spacial score (nSPS) is 11.2. The molecule has 0 fully saturated rings. The van der Waals surface area contributed by atoms with Crippen LogP contribution in [0, 0.1) is 11.3 Å². The number of nitriles is 1. The van der Waals surface area contributed by atoms with Gasteiger partial charge in [0.2, 0.25) is 12.4 Å². The monoisotopic (exact) mass is 484 g/mol. The number of aryl methyl sites for hydroxylation is 2. The fraction of sp³-hybridized carbons (Fsp3) is 0.143. The van der Waals surface area contributed by atoms with Crippen LogP contribution in [-0.2, 0) is 25.1 Å². The molecule has 0 unspecified atom stereocenters. The minimum atomic E-state index is -4.66. The van der Waals surface area contributed by atoms with Crippen molar-refractivity contribution in [2.24, 2.45) is 14.1 Å². The van der Waals surface area contributed by atoms with Gasteiger partial charge in [-0.3, -0.25) is 9.59 Å². The largest absolute Gasteiger partial charge is 0.454 e. The number of aromatic nitrogens is 5. The number of nitrogens with zero attached hydrogens (tertiary/aromatic N) is 6. The summed E-state index contributed by atoms with van der Waals surface area (Å²) in [6.07, 6.45) is -0.877. The summed E-state index contributed by atoms with van der Waals surface area (Å²) in [4.78, 5) is 35.4. The number of anilines is 3. The van der Waals surface area contributed by atoms with Crippen molar-refractivity contribution in [2.75, 3.05) is 10.6 Å². The van der Waals surface area contributed by atoms with Crippen LogP contribution in [0.3, 0.4) is 0 Å². The van der Waals surface area contributed by atoms with Gasteiger partial charge in [-0.25, -0.2) is 9.97 Å². The average molecular weight is 484 g/mol. The second-order valence-electron chi connectivity index (χ2n) is 7.20. The van der Waals surface area contributed by atoms with Gasteiger partial charge in [0.15, 0.2) is 11.4 Å². The molecular formula is C21H15F3N8O3. The molecule has 4 rings (SSSR count). The van der Waals surface area contributed by atoms with Crippen molar-refractivity contribution in [3.8, 4) is 17.6 Å². The minimum Gasteiger partial charge on any atom is -0.454 e. The number of imidazole rings is 1. The van der Waals surface area contributed by atoms with E-state index in [-0.39, 0.29) is 45.7 Å². The Labute approximate surface area is 194 Å². The molecule has 0 aliphatic rings. The molecule has 1 amide bonds. The molecule has 0 aliphatic carbocycles. The van der Waals surface area contributed by atoms with E-state index < -0.39 is 17.3 Å². The fourth-order valence-electron chi connectivity index (χ4n) is 3.27. The van der Waals surface area contributed by atoms with Crippen LogP contribution in [0.25, 0.3) is 11.2 Å². The Balaban J connectivity index is 1.76. The SMILES string of the molecule is Cn1cc(C(F)(F)F)cc(Nc2nc3ncc(Oc4ccnc(NC=O)c4)c(C#N)c3n2C)c1=O. The predicted molar refractivity (Wildman–Crippen MR) is 117 cm³/mol. The lowest BCUT2D eigenvalue weighted by Gasteiger charge is -2.12. The first kappa shape index (κ1) is 23.2.